The molecule has 8 heteroatoms. The Morgan fingerprint density at radius 2 is 1.72 bits per heavy atom. The lowest BCUT2D eigenvalue weighted by atomic mass is 9.91. The van der Waals surface area contributed by atoms with Crippen LogP contribution in [-0.2, 0) is 9.59 Å². The van der Waals surface area contributed by atoms with Gasteiger partial charge in [0.15, 0.2) is 23.4 Å². The van der Waals surface area contributed by atoms with Crippen molar-refractivity contribution in [1.82, 2.24) is 9.80 Å². The summed E-state index contributed by atoms with van der Waals surface area (Å²) >= 11 is 0. The number of hydrogen-bond donors (Lipinski definition) is 0. The molecule has 1 aromatic carbocycles. The third-order valence-electron chi connectivity index (χ3n) is 5.16. The predicted molar refractivity (Wildman–Crippen MR) is 108 cm³/mol. The first-order chi connectivity index (χ1) is 13.9. The van der Waals surface area contributed by atoms with E-state index in [0.29, 0.717) is 23.1 Å². The second-order valence-corrected chi connectivity index (χ2v) is 6.71. The van der Waals surface area contributed by atoms with Crippen LogP contribution in [0, 0.1) is 18.4 Å². The maximum Gasteiger partial charge on any atom is 0.234 e. The van der Waals surface area contributed by atoms with Crippen molar-refractivity contribution in [2.45, 2.75) is 19.1 Å². The van der Waals surface area contributed by atoms with E-state index in [1.165, 1.54) is 31.1 Å². The molecule has 0 N–H and O–H groups in total. The van der Waals surface area contributed by atoms with Gasteiger partial charge in [-0.05, 0) is 30.7 Å². The van der Waals surface area contributed by atoms with Crippen molar-refractivity contribution >= 4 is 23.6 Å². The van der Waals surface area contributed by atoms with Gasteiger partial charge in [-0.2, -0.15) is 0 Å². The Morgan fingerprint density at radius 3 is 2.24 bits per heavy atom. The highest BCUT2D eigenvalue weighted by atomic mass is 16.5. The van der Waals surface area contributed by atoms with E-state index >= 15 is 0 Å². The van der Waals surface area contributed by atoms with Crippen molar-refractivity contribution in [3.05, 3.63) is 23.8 Å². The Kier molecular flexibility index (Phi) is 5.50. The van der Waals surface area contributed by atoms with E-state index in [1.807, 2.05) is 0 Å². The number of fused-ring (bicyclic) bond motifs is 1. The van der Waals surface area contributed by atoms with E-state index in [4.69, 9.17) is 20.6 Å². The molecule has 0 spiro atoms. The number of ether oxygens (including phenoxy) is 3. The van der Waals surface area contributed by atoms with E-state index < -0.39 is 18.1 Å². The first-order valence-corrected chi connectivity index (χ1v) is 8.99. The van der Waals surface area contributed by atoms with Crippen LogP contribution in [-0.4, -0.2) is 67.9 Å². The summed E-state index contributed by atoms with van der Waals surface area (Å²) in [6, 6.07) is 5.40. The first-order valence-electron chi connectivity index (χ1n) is 8.99. The molecule has 0 bridgehead atoms. The highest BCUT2D eigenvalue weighted by Gasteiger charge is 2.51. The molecule has 2 aliphatic heterocycles. The predicted octanol–water partition coefficient (Wildman–Crippen LogP) is 1.40. The molecule has 3 atom stereocenters. The molecule has 2 aliphatic rings. The molecule has 0 saturated carbocycles. The van der Waals surface area contributed by atoms with Crippen LogP contribution in [0.3, 0.4) is 0 Å². The molecule has 3 unspecified atom stereocenters. The SMILES string of the molecule is C#CN1C(/C=C/c2cc(OC)c(OC)c(OC)c2)=NC2C1C(=O)C(C)C(=O)N2C. The van der Waals surface area contributed by atoms with E-state index in [9.17, 15) is 9.59 Å². The largest absolute Gasteiger partial charge is 0.493 e. The summed E-state index contributed by atoms with van der Waals surface area (Å²) in [6.07, 6.45) is 8.51. The number of rotatable bonds is 5. The monoisotopic (exact) mass is 397 g/mol. The maximum absolute atomic E-state index is 12.7. The normalized spacial score (nSPS) is 23.7. The number of ketones is 1. The smallest absolute Gasteiger partial charge is 0.234 e. The number of likely N-dealkylation sites (N-methyl/N-ethyl adjacent to an activating group) is 1. The van der Waals surface area contributed by atoms with Crippen LogP contribution in [0.25, 0.3) is 6.08 Å². The number of amidine groups is 1. The van der Waals surface area contributed by atoms with Gasteiger partial charge in [-0.15, -0.1) is 0 Å². The van der Waals surface area contributed by atoms with E-state index in [-0.39, 0.29) is 11.7 Å². The molecule has 0 radical (unpaired) electrons. The molecule has 152 valence electrons. The number of nitrogens with zero attached hydrogens (tertiary/aromatic N) is 3. The third-order valence-corrected chi connectivity index (χ3v) is 5.16. The summed E-state index contributed by atoms with van der Waals surface area (Å²) in [5.74, 6) is 0.710. The molecule has 1 amide bonds. The van der Waals surface area contributed by atoms with Crippen molar-refractivity contribution in [2.75, 3.05) is 28.4 Å². The Bertz CT molecular complexity index is 921. The highest BCUT2D eigenvalue weighted by Crippen LogP contribution is 2.38. The average molecular weight is 397 g/mol. The zero-order valence-electron chi connectivity index (χ0n) is 17.0. The van der Waals surface area contributed by atoms with Gasteiger partial charge in [0.1, 0.15) is 11.9 Å². The third kappa shape index (κ3) is 3.29. The van der Waals surface area contributed by atoms with Gasteiger partial charge in [-0.3, -0.25) is 14.5 Å². The Hall–Kier alpha value is -3.47. The van der Waals surface area contributed by atoms with E-state index in [0.717, 1.165) is 5.56 Å². The van der Waals surface area contributed by atoms with Crippen molar-refractivity contribution in [1.29, 1.82) is 0 Å². The number of terminal acetylenes is 1. The van der Waals surface area contributed by atoms with Gasteiger partial charge in [0.05, 0.1) is 27.2 Å². The van der Waals surface area contributed by atoms with Gasteiger partial charge < -0.3 is 19.1 Å². The molecule has 29 heavy (non-hydrogen) atoms. The molecule has 2 heterocycles. The number of piperidine rings is 1. The van der Waals surface area contributed by atoms with Crippen molar-refractivity contribution < 1.29 is 23.8 Å². The summed E-state index contributed by atoms with van der Waals surface area (Å²) in [4.78, 5) is 32.4. The van der Waals surface area contributed by atoms with Crippen LogP contribution in [0.1, 0.15) is 12.5 Å². The lowest BCUT2D eigenvalue weighted by molar-refractivity contribution is -0.149. The van der Waals surface area contributed by atoms with E-state index in [2.05, 4.69) is 11.0 Å². The minimum atomic E-state index is -0.745. The van der Waals surface area contributed by atoms with Gasteiger partial charge >= 0.3 is 0 Å². The maximum atomic E-state index is 12.7. The van der Waals surface area contributed by atoms with Gasteiger partial charge in [0.2, 0.25) is 11.7 Å². The molecule has 3 rings (SSSR count). The average Bonchev–Trinajstić information content (AvgIpc) is 3.12. The topological polar surface area (TPSA) is 80.7 Å². The van der Waals surface area contributed by atoms with Gasteiger partial charge in [0, 0.05) is 13.1 Å². The van der Waals surface area contributed by atoms with Crippen molar-refractivity contribution in [3.63, 3.8) is 0 Å². The second-order valence-electron chi connectivity index (χ2n) is 6.71. The lowest BCUT2D eigenvalue weighted by Crippen LogP contribution is -2.59. The van der Waals surface area contributed by atoms with Crippen LogP contribution in [0.15, 0.2) is 23.2 Å². The minimum absolute atomic E-state index is 0.226. The zero-order valence-corrected chi connectivity index (χ0v) is 17.0. The Balaban J connectivity index is 1.96. The van der Waals surface area contributed by atoms with Crippen molar-refractivity contribution in [3.8, 4) is 29.7 Å². The van der Waals surface area contributed by atoms with Crippen LogP contribution in [0.5, 0.6) is 17.2 Å². The molecule has 1 saturated heterocycles. The Morgan fingerprint density at radius 1 is 1.10 bits per heavy atom. The number of amides is 1. The number of Topliss-reactive ketones (excluding diaryl/α,β-unsaturated/α-hetero) is 1. The van der Waals surface area contributed by atoms with Crippen LogP contribution >= 0.6 is 0 Å². The molecular formula is C21H23N3O5. The number of benzene rings is 1. The molecule has 0 aliphatic carbocycles. The quantitative estimate of drug-likeness (QED) is 0.552. The molecule has 8 nitrogen and oxygen atoms in total. The van der Waals surface area contributed by atoms with Crippen LogP contribution < -0.4 is 14.2 Å². The lowest BCUT2D eigenvalue weighted by Gasteiger charge is -2.36. The molecule has 1 fully saturated rings. The number of methoxy groups -OCH3 is 3. The minimum Gasteiger partial charge on any atom is -0.493 e. The number of likely N-dealkylation sites (tertiary alicyclic amines) is 1. The summed E-state index contributed by atoms with van der Waals surface area (Å²) in [6.45, 7) is 1.59. The van der Waals surface area contributed by atoms with Crippen LogP contribution in [0.2, 0.25) is 0 Å². The van der Waals surface area contributed by atoms with Gasteiger partial charge in [-0.25, -0.2) is 4.99 Å². The molecular weight excluding hydrogens is 374 g/mol. The van der Waals surface area contributed by atoms with E-state index in [1.54, 1.807) is 38.3 Å². The van der Waals surface area contributed by atoms with Gasteiger partial charge in [0.25, 0.3) is 0 Å². The van der Waals surface area contributed by atoms with Crippen molar-refractivity contribution in [2.24, 2.45) is 10.9 Å². The number of carbonyl (C=O) groups is 2. The molecule has 1 aromatic rings. The summed E-state index contributed by atoms with van der Waals surface area (Å²) in [5, 5.41) is 0. The highest BCUT2D eigenvalue weighted by molar-refractivity contribution is 6.11. The summed E-state index contributed by atoms with van der Waals surface area (Å²) in [7, 11) is 6.24. The second kappa shape index (κ2) is 7.87. The van der Waals surface area contributed by atoms with Crippen LogP contribution in [0.4, 0.5) is 0 Å². The standard InChI is InChI=1S/C21H23N3O5/c1-7-24-16(22-20-17(24)18(25)12(2)21(26)23(20)3)9-8-13-10-14(27-4)19(29-6)15(11-13)28-5/h1,8-12,17,20H,2-6H3/b9-8+. The first kappa shape index (κ1) is 20.3. The fourth-order valence-corrected chi connectivity index (χ4v) is 3.57. The van der Waals surface area contributed by atoms with Gasteiger partial charge in [-0.1, -0.05) is 12.5 Å². The Labute approximate surface area is 169 Å². The summed E-state index contributed by atoms with van der Waals surface area (Å²) < 4.78 is 16.0. The molecule has 0 aromatic heterocycles. The number of carbonyl (C=O) groups excluding carboxylic acids is 2. The number of hydrogen-bond acceptors (Lipinski definition) is 7. The fourth-order valence-electron chi connectivity index (χ4n) is 3.57. The summed E-state index contributed by atoms with van der Waals surface area (Å²) in [5.41, 5.74) is 0.762. The fraction of sp³-hybridized carbons (Fsp3) is 0.381. The number of aliphatic imine (C=N–C) groups is 1. The zero-order chi connectivity index (χ0) is 21.3.